The molecule has 0 saturated heterocycles. The summed E-state index contributed by atoms with van der Waals surface area (Å²) < 4.78 is 0. The van der Waals surface area contributed by atoms with Crippen LogP contribution in [0.1, 0.15) is 34.1 Å². The van der Waals surface area contributed by atoms with Gasteiger partial charge < -0.3 is 0 Å². The lowest BCUT2D eigenvalue weighted by Crippen LogP contribution is -1.89. The minimum absolute atomic E-state index is 0.263. The zero-order valence-corrected chi connectivity index (χ0v) is 8.28. The van der Waals surface area contributed by atoms with Gasteiger partial charge >= 0.3 is 0 Å². The van der Waals surface area contributed by atoms with Gasteiger partial charge in [-0.25, -0.2) is 0 Å². The second-order valence-corrected chi connectivity index (χ2v) is 4.18. The summed E-state index contributed by atoms with van der Waals surface area (Å²) in [5, 5.41) is 0.263. The van der Waals surface area contributed by atoms with Gasteiger partial charge in [-0.15, -0.1) is 11.6 Å². The lowest BCUT2D eigenvalue weighted by molar-refractivity contribution is 0.880. The second kappa shape index (κ2) is 2.77. The number of benzene rings is 1. The molecular weight excluding hydrogens is 168 g/mol. The number of alkyl halides is 1. The first-order valence-corrected chi connectivity index (χ1v) is 4.86. The monoisotopic (exact) mass is 180 g/mol. The number of hydrogen-bond donors (Lipinski definition) is 0. The van der Waals surface area contributed by atoms with Crippen molar-refractivity contribution >= 4 is 11.6 Å². The topological polar surface area (TPSA) is 0 Å². The van der Waals surface area contributed by atoms with E-state index in [1.807, 2.05) is 0 Å². The molecule has 0 bridgehead atoms. The Kier molecular flexibility index (Phi) is 1.88. The molecule has 64 valence electrons. The molecule has 0 spiro atoms. The van der Waals surface area contributed by atoms with Crippen molar-refractivity contribution in [1.29, 1.82) is 0 Å². The maximum Gasteiger partial charge on any atom is 0.0591 e. The predicted molar refractivity (Wildman–Crippen MR) is 52.8 cm³/mol. The van der Waals surface area contributed by atoms with Gasteiger partial charge in [-0.1, -0.05) is 17.7 Å². The normalized spacial score (nSPS) is 21.1. The fraction of sp³-hybridized carbons (Fsp3) is 0.455. The van der Waals surface area contributed by atoms with Crippen molar-refractivity contribution in [3.05, 3.63) is 34.4 Å². The van der Waals surface area contributed by atoms with Gasteiger partial charge in [0.25, 0.3) is 0 Å². The van der Waals surface area contributed by atoms with Gasteiger partial charge in [0.1, 0.15) is 0 Å². The van der Waals surface area contributed by atoms with Crippen LogP contribution >= 0.6 is 11.6 Å². The Morgan fingerprint density at radius 3 is 2.83 bits per heavy atom. The van der Waals surface area contributed by atoms with E-state index < -0.39 is 0 Å². The van der Waals surface area contributed by atoms with Crippen molar-refractivity contribution in [2.75, 3.05) is 0 Å². The van der Waals surface area contributed by atoms with E-state index in [0.29, 0.717) is 0 Å². The van der Waals surface area contributed by atoms with Crippen molar-refractivity contribution in [3.63, 3.8) is 0 Å². The first kappa shape index (κ1) is 8.12. The second-order valence-electron chi connectivity index (χ2n) is 3.66. The Hall–Kier alpha value is -0.490. The van der Waals surface area contributed by atoms with Crippen LogP contribution in [0.2, 0.25) is 0 Å². The minimum atomic E-state index is 0.263. The van der Waals surface area contributed by atoms with E-state index in [4.69, 9.17) is 11.6 Å². The molecule has 0 radical (unpaired) electrons. The summed E-state index contributed by atoms with van der Waals surface area (Å²) in [6.45, 7) is 4.32. The number of aryl methyl sites for hydroxylation is 2. The van der Waals surface area contributed by atoms with Crippen molar-refractivity contribution in [2.24, 2.45) is 0 Å². The summed E-state index contributed by atoms with van der Waals surface area (Å²) in [5.41, 5.74) is 5.60. The molecule has 0 fully saturated rings. The third-order valence-electron chi connectivity index (χ3n) is 2.64. The highest BCUT2D eigenvalue weighted by Gasteiger charge is 2.21. The SMILES string of the molecule is Cc1cc(C)c2c(c1)C(Cl)CC2. The van der Waals surface area contributed by atoms with Gasteiger partial charge in [-0.3, -0.25) is 0 Å². The third kappa shape index (κ3) is 1.15. The molecule has 0 amide bonds. The van der Waals surface area contributed by atoms with Gasteiger partial charge in [0.15, 0.2) is 0 Å². The van der Waals surface area contributed by atoms with Crippen LogP contribution in [-0.2, 0) is 6.42 Å². The molecule has 1 aromatic rings. The number of rotatable bonds is 0. The molecule has 1 heteroatoms. The number of hydrogen-bond acceptors (Lipinski definition) is 0. The summed E-state index contributed by atoms with van der Waals surface area (Å²) in [4.78, 5) is 0. The summed E-state index contributed by atoms with van der Waals surface area (Å²) >= 11 is 6.19. The maximum absolute atomic E-state index is 6.19. The molecule has 0 aliphatic heterocycles. The van der Waals surface area contributed by atoms with Crippen molar-refractivity contribution in [1.82, 2.24) is 0 Å². The molecule has 1 atom stereocenters. The minimum Gasteiger partial charge on any atom is -0.118 e. The summed E-state index contributed by atoms with van der Waals surface area (Å²) in [7, 11) is 0. The fourth-order valence-electron chi connectivity index (χ4n) is 2.08. The molecule has 1 aliphatic rings. The van der Waals surface area contributed by atoms with Crippen LogP contribution < -0.4 is 0 Å². The van der Waals surface area contributed by atoms with Gasteiger partial charge in [0.05, 0.1) is 5.38 Å². The highest BCUT2D eigenvalue weighted by atomic mass is 35.5. The van der Waals surface area contributed by atoms with Gasteiger partial charge in [-0.2, -0.15) is 0 Å². The summed E-state index contributed by atoms with van der Waals surface area (Å²) in [6.07, 6.45) is 2.27. The highest BCUT2D eigenvalue weighted by molar-refractivity contribution is 6.21. The standard InChI is InChI=1S/C11H13Cl/c1-7-5-8(2)9-3-4-11(12)10(9)6-7/h5-6,11H,3-4H2,1-2H3. The quantitative estimate of drug-likeness (QED) is 0.536. The molecule has 1 aromatic carbocycles. The third-order valence-corrected chi connectivity index (χ3v) is 3.09. The zero-order valence-electron chi connectivity index (χ0n) is 7.52. The molecular formula is C11H13Cl. The Balaban J connectivity index is 2.60. The van der Waals surface area contributed by atoms with Crippen LogP contribution in [0.15, 0.2) is 12.1 Å². The Morgan fingerprint density at radius 2 is 2.08 bits per heavy atom. The van der Waals surface area contributed by atoms with Crippen LogP contribution in [0.25, 0.3) is 0 Å². The van der Waals surface area contributed by atoms with E-state index >= 15 is 0 Å². The van der Waals surface area contributed by atoms with Crippen molar-refractivity contribution < 1.29 is 0 Å². The van der Waals surface area contributed by atoms with Gasteiger partial charge in [0, 0.05) is 0 Å². The van der Waals surface area contributed by atoms with Gasteiger partial charge in [-0.05, 0) is 43.4 Å². The van der Waals surface area contributed by atoms with Crippen molar-refractivity contribution in [3.8, 4) is 0 Å². The predicted octanol–water partition coefficient (Wildman–Crippen LogP) is 3.53. The van der Waals surface area contributed by atoms with E-state index in [-0.39, 0.29) is 5.38 Å². The first-order valence-electron chi connectivity index (χ1n) is 4.42. The molecule has 1 aliphatic carbocycles. The highest BCUT2D eigenvalue weighted by Crippen LogP contribution is 2.38. The smallest absolute Gasteiger partial charge is 0.0591 e. The Morgan fingerprint density at radius 1 is 1.33 bits per heavy atom. The average molecular weight is 181 g/mol. The lowest BCUT2D eigenvalue weighted by Gasteiger charge is -2.06. The molecule has 0 nitrogen and oxygen atoms in total. The van der Waals surface area contributed by atoms with E-state index in [9.17, 15) is 0 Å². The number of halogens is 1. The molecule has 2 rings (SSSR count). The van der Waals surface area contributed by atoms with Crippen LogP contribution in [0.3, 0.4) is 0 Å². The largest absolute Gasteiger partial charge is 0.118 e. The fourth-order valence-corrected chi connectivity index (χ4v) is 2.38. The average Bonchev–Trinajstić information content (AvgIpc) is 2.33. The summed E-state index contributed by atoms with van der Waals surface area (Å²) in [6, 6.07) is 4.47. The van der Waals surface area contributed by atoms with E-state index in [2.05, 4.69) is 26.0 Å². The number of fused-ring (bicyclic) bond motifs is 1. The first-order chi connectivity index (χ1) is 5.68. The summed E-state index contributed by atoms with van der Waals surface area (Å²) in [5.74, 6) is 0. The molecule has 0 saturated carbocycles. The molecule has 12 heavy (non-hydrogen) atoms. The molecule has 0 N–H and O–H groups in total. The van der Waals surface area contributed by atoms with Crippen LogP contribution in [0, 0.1) is 13.8 Å². The van der Waals surface area contributed by atoms with E-state index in [0.717, 1.165) is 12.8 Å². The van der Waals surface area contributed by atoms with Crippen LogP contribution in [0.4, 0.5) is 0 Å². The molecule has 0 heterocycles. The van der Waals surface area contributed by atoms with E-state index in [1.165, 1.54) is 22.3 Å². The Bertz CT molecular complexity index is 315. The zero-order chi connectivity index (χ0) is 8.72. The molecule has 0 aromatic heterocycles. The van der Waals surface area contributed by atoms with E-state index in [1.54, 1.807) is 0 Å². The Labute approximate surface area is 78.6 Å². The molecule has 1 unspecified atom stereocenters. The lowest BCUT2D eigenvalue weighted by atomic mass is 10.0. The maximum atomic E-state index is 6.19. The van der Waals surface area contributed by atoms with Crippen molar-refractivity contribution in [2.45, 2.75) is 32.1 Å². The van der Waals surface area contributed by atoms with Crippen LogP contribution in [-0.4, -0.2) is 0 Å². The van der Waals surface area contributed by atoms with Gasteiger partial charge in [0.2, 0.25) is 0 Å². The van der Waals surface area contributed by atoms with Crippen LogP contribution in [0.5, 0.6) is 0 Å².